The summed E-state index contributed by atoms with van der Waals surface area (Å²) in [5, 5.41) is 30.7. The van der Waals surface area contributed by atoms with Crippen LogP contribution in [0.25, 0.3) is 0 Å². The first-order valence-electron chi connectivity index (χ1n) is 16.8. The molecule has 13 heteroatoms. The fourth-order valence-electron chi connectivity index (χ4n) is 9.11. The molecule has 262 valence electrons. The van der Waals surface area contributed by atoms with E-state index in [2.05, 4.69) is 0 Å². The quantitative estimate of drug-likeness (QED) is 0.146. The zero-order valence-electron chi connectivity index (χ0n) is 27.6. The van der Waals surface area contributed by atoms with Gasteiger partial charge in [-0.25, -0.2) is 4.90 Å². The third-order valence-electron chi connectivity index (χ3n) is 11.2. The van der Waals surface area contributed by atoms with E-state index in [0.29, 0.717) is 27.4 Å². The Bertz CT molecular complexity index is 2210. The predicted molar refractivity (Wildman–Crippen MR) is 195 cm³/mol. The van der Waals surface area contributed by atoms with E-state index in [1.54, 1.807) is 54.6 Å². The molecule has 0 aromatic heterocycles. The molecule has 3 fully saturated rings. The lowest BCUT2D eigenvalue weighted by Crippen LogP contribution is -2.53. The molecule has 3 N–H and O–H groups in total. The Morgan fingerprint density at radius 1 is 0.808 bits per heavy atom. The number of carbonyl (C=O) groups is 4. The summed E-state index contributed by atoms with van der Waals surface area (Å²) in [4.78, 5) is 61.1. The van der Waals surface area contributed by atoms with Crippen LogP contribution in [0.2, 0.25) is 10.0 Å². The van der Waals surface area contributed by atoms with Crippen LogP contribution < -0.4 is 20.0 Å². The van der Waals surface area contributed by atoms with Gasteiger partial charge in [0.15, 0.2) is 11.5 Å². The summed E-state index contributed by atoms with van der Waals surface area (Å²) in [6, 6.07) is 24.7. The average molecular weight is 737 g/mol. The number of amides is 4. The highest BCUT2D eigenvalue weighted by molar-refractivity contribution is 6.58. The van der Waals surface area contributed by atoms with Gasteiger partial charge in [-0.15, -0.1) is 0 Å². The minimum Gasteiger partial charge on any atom is -0.503 e. The predicted octanol–water partition coefficient (Wildman–Crippen LogP) is 4.75. The molecule has 4 aliphatic rings. The Balaban J connectivity index is 1.36. The molecule has 2 aliphatic heterocycles. The molecule has 2 heterocycles. The third-order valence-corrected chi connectivity index (χ3v) is 11.7. The second-order valence-corrected chi connectivity index (χ2v) is 14.5. The number of benzene rings is 4. The Labute approximate surface area is 309 Å². The van der Waals surface area contributed by atoms with Crippen LogP contribution in [-0.4, -0.2) is 53.0 Å². The van der Waals surface area contributed by atoms with E-state index in [1.807, 2.05) is 24.3 Å². The maximum atomic E-state index is 15.4. The normalized spacial score (nSPS) is 26.6. The summed E-state index contributed by atoms with van der Waals surface area (Å²) in [6.07, 6.45) is 2.16. The molecule has 0 radical (unpaired) electrons. The number of methoxy groups -OCH3 is 1. The first kappa shape index (κ1) is 34.2. The van der Waals surface area contributed by atoms with Gasteiger partial charge in [0.05, 0.1) is 46.7 Å². The van der Waals surface area contributed by atoms with Gasteiger partial charge in [0, 0.05) is 10.9 Å². The van der Waals surface area contributed by atoms with E-state index in [0.717, 1.165) is 4.90 Å². The van der Waals surface area contributed by atoms with Crippen molar-refractivity contribution in [1.82, 2.24) is 0 Å². The minimum atomic E-state index is -1.81. The van der Waals surface area contributed by atoms with Gasteiger partial charge in [-0.3, -0.25) is 24.1 Å². The molecule has 2 saturated heterocycles. The molecule has 4 amide bonds. The number of hydrogen-bond donors (Lipinski definition) is 3. The number of anilines is 2. The molecule has 52 heavy (non-hydrogen) atoms. The Morgan fingerprint density at radius 2 is 1.52 bits per heavy atom. The molecule has 2 aliphatic carbocycles. The largest absolute Gasteiger partial charge is 0.503 e. The van der Waals surface area contributed by atoms with Gasteiger partial charge in [-0.05, 0) is 77.8 Å². The summed E-state index contributed by atoms with van der Waals surface area (Å²) in [6.45, 7) is 0. The van der Waals surface area contributed by atoms with Crippen LogP contribution >= 0.6 is 23.2 Å². The van der Waals surface area contributed by atoms with E-state index in [-0.39, 0.29) is 40.5 Å². The van der Waals surface area contributed by atoms with Crippen molar-refractivity contribution in [2.24, 2.45) is 23.7 Å². The molecule has 0 bridgehead atoms. The number of aromatic hydroxyl groups is 1. The number of ether oxygens (including phenoxy) is 1. The zero-order chi connectivity index (χ0) is 36.6. The van der Waals surface area contributed by atoms with Gasteiger partial charge in [0.25, 0.3) is 0 Å². The number of nitrogens with zero attached hydrogens (tertiary/aromatic N) is 2. The molecule has 8 rings (SSSR count). The van der Waals surface area contributed by atoms with Gasteiger partial charge in [0.2, 0.25) is 23.6 Å². The van der Waals surface area contributed by atoms with Crippen LogP contribution in [-0.2, 0) is 24.6 Å². The van der Waals surface area contributed by atoms with Crippen molar-refractivity contribution in [2.75, 3.05) is 16.9 Å². The van der Waals surface area contributed by atoms with Crippen molar-refractivity contribution in [3.05, 3.63) is 124 Å². The second kappa shape index (κ2) is 12.6. The van der Waals surface area contributed by atoms with Crippen molar-refractivity contribution in [3.8, 4) is 11.5 Å². The van der Waals surface area contributed by atoms with Crippen molar-refractivity contribution >= 4 is 70.8 Å². The van der Waals surface area contributed by atoms with Gasteiger partial charge in [-0.1, -0.05) is 83.4 Å². The molecule has 4 aromatic carbocycles. The second-order valence-electron chi connectivity index (χ2n) is 13.6. The van der Waals surface area contributed by atoms with Gasteiger partial charge in [0.1, 0.15) is 0 Å². The number of halogens is 2. The first-order chi connectivity index (χ1) is 25.0. The van der Waals surface area contributed by atoms with E-state index < -0.39 is 65.8 Å². The maximum Gasteiger partial charge on any atom is 0.488 e. The fourth-order valence-corrected chi connectivity index (χ4v) is 9.52. The van der Waals surface area contributed by atoms with Gasteiger partial charge in [-0.2, -0.15) is 0 Å². The van der Waals surface area contributed by atoms with E-state index in [9.17, 15) is 29.5 Å². The lowest BCUT2D eigenvalue weighted by molar-refractivity contribution is -0.127. The molecule has 0 spiro atoms. The highest BCUT2D eigenvalue weighted by atomic mass is 35.5. The van der Waals surface area contributed by atoms with Crippen molar-refractivity contribution in [2.45, 2.75) is 24.2 Å². The molecule has 1 saturated carbocycles. The Hall–Kier alpha value is -4.94. The van der Waals surface area contributed by atoms with Crippen LogP contribution in [0.1, 0.15) is 29.9 Å². The Morgan fingerprint density at radius 3 is 2.21 bits per heavy atom. The molecule has 10 nitrogen and oxygen atoms in total. The Kier molecular flexibility index (Phi) is 8.30. The number of phenols is 1. The zero-order valence-corrected chi connectivity index (χ0v) is 29.2. The summed E-state index contributed by atoms with van der Waals surface area (Å²) in [5.41, 5.74) is 0.831. The number of allylic oxidation sites excluding steroid dienone is 2. The van der Waals surface area contributed by atoms with Crippen LogP contribution in [0.4, 0.5) is 11.4 Å². The van der Waals surface area contributed by atoms with Crippen molar-refractivity contribution in [3.63, 3.8) is 0 Å². The average Bonchev–Trinajstić information content (AvgIpc) is 3.53. The molecule has 4 aromatic rings. The van der Waals surface area contributed by atoms with E-state index in [1.165, 1.54) is 30.2 Å². The SMILES string of the molecule is COc1cc(C2C3=CCC4C(=O)N(c5cccc(B(O)O)c5)C(=O)C4C3CC3C(=O)N(c4cccc(Cl)c4)C(=O)C32c2ccccc2)cc(Cl)c1O. The van der Waals surface area contributed by atoms with Gasteiger partial charge < -0.3 is 19.9 Å². The lowest BCUT2D eigenvalue weighted by atomic mass is 9.49. The van der Waals surface area contributed by atoms with Crippen molar-refractivity contribution < 1.29 is 39.1 Å². The van der Waals surface area contributed by atoms with Crippen molar-refractivity contribution in [1.29, 1.82) is 0 Å². The maximum absolute atomic E-state index is 15.4. The molecular weight excluding hydrogens is 706 g/mol. The lowest BCUT2D eigenvalue weighted by Gasteiger charge is -2.50. The molecular formula is C39H31BCl2N2O8. The van der Waals surface area contributed by atoms with E-state index >= 15 is 4.79 Å². The summed E-state index contributed by atoms with van der Waals surface area (Å²) < 4.78 is 5.51. The molecule has 6 unspecified atom stereocenters. The number of hydrogen-bond acceptors (Lipinski definition) is 8. The molecule has 6 atom stereocenters. The summed E-state index contributed by atoms with van der Waals surface area (Å²) >= 11 is 13.0. The van der Waals surface area contributed by atoms with E-state index in [4.69, 9.17) is 27.9 Å². The number of fused-ring (bicyclic) bond motifs is 4. The number of imide groups is 2. The number of carbonyl (C=O) groups excluding carboxylic acids is 4. The third kappa shape index (κ3) is 4.87. The van der Waals surface area contributed by atoms with Crippen LogP contribution in [0.15, 0.2) is 103 Å². The highest BCUT2D eigenvalue weighted by Gasteiger charge is 2.70. The fraction of sp³-hybridized carbons (Fsp3) is 0.231. The first-order valence-corrected chi connectivity index (χ1v) is 17.5. The van der Waals surface area contributed by atoms with Crippen LogP contribution in [0.3, 0.4) is 0 Å². The van der Waals surface area contributed by atoms with Crippen LogP contribution in [0.5, 0.6) is 11.5 Å². The van der Waals surface area contributed by atoms with Crippen LogP contribution in [0, 0.1) is 23.7 Å². The smallest absolute Gasteiger partial charge is 0.488 e. The summed E-state index contributed by atoms with van der Waals surface area (Å²) in [5.74, 6) is -6.31. The number of rotatable bonds is 6. The minimum absolute atomic E-state index is 0.0294. The van der Waals surface area contributed by atoms with Gasteiger partial charge >= 0.3 is 7.12 Å². The highest BCUT2D eigenvalue weighted by Crippen LogP contribution is 2.65. The number of phenolic OH excluding ortho intramolecular Hbond substituents is 1. The standard InChI is InChI=1S/C39H31BCl2N2O8/c1-52-31-16-20(15-30(42)34(31)45)33-26-13-14-27-32(37(48)43(35(27)46)24-11-5-9-22(17-24)40(50)51)28(26)19-29-36(47)44(25-12-6-10-23(41)18-25)38(49)39(29,33)21-7-3-2-4-8-21/h2-13,15-18,27-29,32-33,45,50-51H,14,19H2,1H3. The monoisotopic (exact) mass is 736 g/mol. The topological polar surface area (TPSA) is 145 Å². The summed E-state index contributed by atoms with van der Waals surface area (Å²) in [7, 11) is -0.428.